The van der Waals surface area contributed by atoms with Crippen LogP contribution in [0.1, 0.15) is 136 Å². The van der Waals surface area contributed by atoms with E-state index in [1.54, 1.807) is 0 Å². The molecule has 0 aliphatic heterocycles. The summed E-state index contributed by atoms with van der Waals surface area (Å²) >= 11 is 0. The second-order valence-electron chi connectivity index (χ2n) is 7.93. The van der Waals surface area contributed by atoms with Crippen molar-refractivity contribution < 1.29 is 0 Å². The molecule has 0 radical (unpaired) electrons. The molecule has 0 saturated heterocycles. The van der Waals surface area contributed by atoms with Crippen molar-refractivity contribution in [2.45, 2.75) is 136 Å². The second-order valence-corrected chi connectivity index (χ2v) is 7.93. The van der Waals surface area contributed by atoms with Gasteiger partial charge in [0.1, 0.15) is 0 Å². The quantitative estimate of drug-likeness (QED) is 0.163. The van der Waals surface area contributed by atoms with Gasteiger partial charge in [0.25, 0.3) is 0 Å². The molecule has 0 spiro atoms. The van der Waals surface area contributed by atoms with E-state index < -0.39 is 0 Å². The largest absolute Gasteiger partial charge is 0.0883 e. The first-order valence-corrected chi connectivity index (χ1v) is 11.5. The fourth-order valence-electron chi connectivity index (χ4n) is 3.42. The second kappa shape index (κ2) is 20.8. The molecule has 0 nitrogen and oxygen atoms in total. The molecule has 0 saturated carbocycles. The molecule has 0 unspecified atom stereocenters. The third-order valence-corrected chi connectivity index (χ3v) is 5.20. The molecule has 0 N–H and O–H groups in total. The van der Waals surface area contributed by atoms with Crippen molar-refractivity contribution >= 4 is 0 Å². The standard InChI is InChI=1S/C24H48/c1-4-6-8-10-12-14-15-17-19-21-23-24(3)22-20-18-16-13-11-9-7-5-2/h20,22,24H,4-19,21,23H2,1-3H3/b22-20+/t24-/m1/s1. The van der Waals surface area contributed by atoms with Crippen molar-refractivity contribution in [2.75, 3.05) is 0 Å². The lowest BCUT2D eigenvalue weighted by Gasteiger charge is -2.06. The van der Waals surface area contributed by atoms with E-state index in [0.29, 0.717) is 0 Å². The van der Waals surface area contributed by atoms with Crippen LogP contribution in [-0.4, -0.2) is 0 Å². The average molecular weight is 337 g/mol. The van der Waals surface area contributed by atoms with Crippen LogP contribution >= 0.6 is 0 Å². The summed E-state index contributed by atoms with van der Waals surface area (Å²) in [5.74, 6) is 0.791. The van der Waals surface area contributed by atoms with Crippen LogP contribution < -0.4 is 0 Å². The Morgan fingerprint density at radius 1 is 0.542 bits per heavy atom. The minimum atomic E-state index is 0.791. The van der Waals surface area contributed by atoms with Crippen LogP contribution in [-0.2, 0) is 0 Å². The van der Waals surface area contributed by atoms with Gasteiger partial charge in [-0.1, -0.05) is 129 Å². The summed E-state index contributed by atoms with van der Waals surface area (Å²) in [5, 5.41) is 0. The molecular formula is C24H48. The first-order chi connectivity index (χ1) is 11.8. The Balaban J connectivity index is 3.22. The third-order valence-electron chi connectivity index (χ3n) is 5.20. The smallest absolute Gasteiger partial charge is 0.0262 e. The van der Waals surface area contributed by atoms with Gasteiger partial charge >= 0.3 is 0 Å². The van der Waals surface area contributed by atoms with Crippen LogP contribution in [0.25, 0.3) is 0 Å². The van der Waals surface area contributed by atoms with Crippen molar-refractivity contribution in [1.29, 1.82) is 0 Å². The molecule has 1 atom stereocenters. The highest BCUT2D eigenvalue weighted by Crippen LogP contribution is 2.15. The van der Waals surface area contributed by atoms with Crippen molar-refractivity contribution in [1.82, 2.24) is 0 Å². The Labute approximate surface area is 154 Å². The Morgan fingerprint density at radius 3 is 1.46 bits per heavy atom. The number of unbranched alkanes of at least 4 members (excludes halogenated alkanes) is 15. The lowest BCUT2D eigenvalue weighted by molar-refractivity contribution is 0.525. The van der Waals surface area contributed by atoms with E-state index >= 15 is 0 Å². The van der Waals surface area contributed by atoms with Gasteiger partial charge in [-0.05, 0) is 25.2 Å². The third kappa shape index (κ3) is 19.8. The van der Waals surface area contributed by atoms with Crippen molar-refractivity contribution in [2.24, 2.45) is 5.92 Å². The predicted molar refractivity (Wildman–Crippen MR) is 113 cm³/mol. The van der Waals surface area contributed by atoms with E-state index in [4.69, 9.17) is 0 Å². The van der Waals surface area contributed by atoms with Crippen LogP contribution in [0, 0.1) is 5.92 Å². The van der Waals surface area contributed by atoms with Gasteiger partial charge in [0.15, 0.2) is 0 Å². The fraction of sp³-hybridized carbons (Fsp3) is 0.917. The summed E-state index contributed by atoms with van der Waals surface area (Å²) in [7, 11) is 0. The van der Waals surface area contributed by atoms with E-state index in [1.165, 1.54) is 116 Å². The van der Waals surface area contributed by atoms with E-state index in [9.17, 15) is 0 Å². The zero-order chi connectivity index (χ0) is 17.7. The molecule has 0 aromatic carbocycles. The topological polar surface area (TPSA) is 0 Å². The first kappa shape index (κ1) is 23.7. The van der Waals surface area contributed by atoms with Gasteiger partial charge in [-0.3, -0.25) is 0 Å². The molecule has 0 aromatic heterocycles. The molecule has 0 amide bonds. The number of rotatable bonds is 19. The number of hydrogen-bond acceptors (Lipinski definition) is 0. The van der Waals surface area contributed by atoms with Crippen LogP contribution in [0.5, 0.6) is 0 Å². The molecule has 0 heterocycles. The highest BCUT2D eigenvalue weighted by Gasteiger charge is 1.98. The van der Waals surface area contributed by atoms with Crippen LogP contribution in [0.15, 0.2) is 12.2 Å². The number of hydrogen-bond donors (Lipinski definition) is 0. The normalized spacial score (nSPS) is 13.0. The van der Waals surface area contributed by atoms with Crippen molar-refractivity contribution in [3.8, 4) is 0 Å². The summed E-state index contributed by atoms with van der Waals surface area (Å²) in [5.41, 5.74) is 0. The maximum atomic E-state index is 2.47. The lowest BCUT2D eigenvalue weighted by Crippen LogP contribution is -1.90. The van der Waals surface area contributed by atoms with Gasteiger partial charge in [0.05, 0.1) is 0 Å². The molecule has 0 heteroatoms. The molecule has 24 heavy (non-hydrogen) atoms. The lowest BCUT2D eigenvalue weighted by atomic mass is 10.00. The van der Waals surface area contributed by atoms with Crippen LogP contribution in [0.2, 0.25) is 0 Å². The average Bonchev–Trinajstić information content (AvgIpc) is 2.59. The Morgan fingerprint density at radius 2 is 0.958 bits per heavy atom. The van der Waals surface area contributed by atoms with Gasteiger partial charge in [0.2, 0.25) is 0 Å². The Bertz CT molecular complexity index is 240. The summed E-state index contributed by atoms with van der Waals surface area (Å²) < 4.78 is 0. The highest BCUT2D eigenvalue weighted by molar-refractivity contribution is 4.86. The summed E-state index contributed by atoms with van der Waals surface area (Å²) in [6, 6.07) is 0. The van der Waals surface area contributed by atoms with E-state index in [2.05, 4.69) is 32.9 Å². The van der Waals surface area contributed by atoms with Crippen LogP contribution in [0.4, 0.5) is 0 Å². The summed E-state index contributed by atoms with van der Waals surface area (Å²) in [6.45, 7) is 6.98. The SMILES string of the molecule is CCCCCCCC/C=C/[C@@H](C)CCCCCCCCCCCC. The molecule has 0 aliphatic carbocycles. The van der Waals surface area contributed by atoms with Gasteiger partial charge in [-0.2, -0.15) is 0 Å². The van der Waals surface area contributed by atoms with Crippen LogP contribution in [0.3, 0.4) is 0 Å². The monoisotopic (exact) mass is 336 g/mol. The zero-order valence-corrected chi connectivity index (χ0v) is 17.5. The van der Waals surface area contributed by atoms with Gasteiger partial charge < -0.3 is 0 Å². The number of allylic oxidation sites excluding steroid dienone is 2. The molecule has 144 valence electrons. The summed E-state index contributed by atoms with van der Waals surface area (Å²) in [4.78, 5) is 0. The predicted octanol–water partition coefficient (Wildman–Crippen LogP) is 9.24. The van der Waals surface area contributed by atoms with Gasteiger partial charge in [-0.15, -0.1) is 0 Å². The highest BCUT2D eigenvalue weighted by atomic mass is 14.0. The van der Waals surface area contributed by atoms with Crippen molar-refractivity contribution in [3.63, 3.8) is 0 Å². The fourth-order valence-corrected chi connectivity index (χ4v) is 3.42. The van der Waals surface area contributed by atoms with E-state index in [0.717, 1.165) is 5.92 Å². The first-order valence-electron chi connectivity index (χ1n) is 11.5. The van der Waals surface area contributed by atoms with E-state index in [-0.39, 0.29) is 0 Å². The minimum absolute atomic E-state index is 0.791. The molecule has 0 aromatic rings. The minimum Gasteiger partial charge on any atom is -0.0883 e. The van der Waals surface area contributed by atoms with Gasteiger partial charge in [0, 0.05) is 0 Å². The molecule has 0 aliphatic rings. The molecular weight excluding hydrogens is 288 g/mol. The Kier molecular flexibility index (Phi) is 20.6. The molecule has 0 rings (SSSR count). The van der Waals surface area contributed by atoms with Crippen molar-refractivity contribution in [3.05, 3.63) is 12.2 Å². The zero-order valence-electron chi connectivity index (χ0n) is 17.5. The Hall–Kier alpha value is -0.260. The molecule has 0 bridgehead atoms. The van der Waals surface area contributed by atoms with Gasteiger partial charge in [-0.25, -0.2) is 0 Å². The molecule has 0 fully saturated rings. The summed E-state index contributed by atoms with van der Waals surface area (Å²) in [6.07, 6.45) is 30.6. The maximum absolute atomic E-state index is 2.47. The maximum Gasteiger partial charge on any atom is -0.0262 e. The van der Waals surface area contributed by atoms with E-state index in [1.807, 2.05) is 0 Å².